The molecule has 0 aliphatic rings. The molecule has 0 bridgehead atoms. The van der Waals surface area contributed by atoms with Gasteiger partial charge in [-0.25, -0.2) is 0 Å². The molecule has 1 atom stereocenters. The van der Waals surface area contributed by atoms with Gasteiger partial charge >= 0.3 is 17.9 Å². The van der Waals surface area contributed by atoms with Crippen molar-refractivity contribution in [1.29, 1.82) is 0 Å². The minimum Gasteiger partial charge on any atom is -0.462 e. The van der Waals surface area contributed by atoms with Crippen LogP contribution in [0.2, 0.25) is 0 Å². The van der Waals surface area contributed by atoms with Gasteiger partial charge in [0.1, 0.15) is 13.2 Å². The zero-order chi connectivity index (χ0) is 44.4. The first-order valence-electron chi connectivity index (χ1n) is 23.8. The predicted molar refractivity (Wildman–Crippen MR) is 260 cm³/mol. The first-order chi connectivity index (χ1) is 30.0. The van der Waals surface area contributed by atoms with Crippen LogP contribution in [0.25, 0.3) is 0 Å². The minimum absolute atomic E-state index is 0.126. The van der Waals surface area contributed by atoms with Crippen LogP contribution in [-0.2, 0) is 28.6 Å². The molecule has 0 fully saturated rings. The number of ether oxygens (including phenoxy) is 3. The molecule has 0 aromatic heterocycles. The Labute approximate surface area is 373 Å². The van der Waals surface area contributed by atoms with E-state index in [1.54, 1.807) is 0 Å². The van der Waals surface area contributed by atoms with Gasteiger partial charge in [0.05, 0.1) is 0 Å². The van der Waals surface area contributed by atoms with E-state index in [1.807, 2.05) is 72.9 Å². The third kappa shape index (κ3) is 46.5. The van der Waals surface area contributed by atoms with Gasteiger partial charge in [-0.15, -0.1) is 0 Å². The van der Waals surface area contributed by atoms with Crippen molar-refractivity contribution in [2.75, 3.05) is 13.2 Å². The summed E-state index contributed by atoms with van der Waals surface area (Å²) in [6.07, 6.45) is 67.3. The Balaban J connectivity index is 4.61. The molecule has 0 amide bonds. The number of hydrogen-bond acceptors (Lipinski definition) is 6. The molecule has 340 valence electrons. The topological polar surface area (TPSA) is 78.9 Å². The van der Waals surface area contributed by atoms with Gasteiger partial charge in [0.25, 0.3) is 0 Å². The zero-order valence-corrected chi connectivity index (χ0v) is 38.6. The Bertz CT molecular complexity index is 1380. The maximum absolute atomic E-state index is 12.7. The van der Waals surface area contributed by atoms with Gasteiger partial charge in [-0.3, -0.25) is 14.4 Å². The summed E-state index contributed by atoms with van der Waals surface area (Å²) < 4.78 is 16.6. The third-order valence-corrected chi connectivity index (χ3v) is 9.33. The molecule has 0 spiro atoms. The lowest BCUT2D eigenvalue weighted by Gasteiger charge is -2.18. The van der Waals surface area contributed by atoms with Crippen LogP contribution in [0.3, 0.4) is 0 Å². The summed E-state index contributed by atoms with van der Waals surface area (Å²) in [5.41, 5.74) is 0. The second-order valence-corrected chi connectivity index (χ2v) is 15.1. The van der Waals surface area contributed by atoms with Gasteiger partial charge in [0.15, 0.2) is 6.10 Å². The van der Waals surface area contributed by atoms with E-state index in [9.17, 15) is 14.4 Å². The average Bonchev–Trinajstić information content (AvgIpc) is 3.26. The van der Waals surface area contributed by atoms with E-state index in [2.05, 4.69) is 81.5 Å². The summed E-state index contributed by atoms with van der Waals surface area (Å²) in [7, 11) is 0. The fourth-order valence-electron chi connectivity index (χ4n) is 5.81. The maximum atomic E-state index is 12.7. The van der Waals surface area contributed by atoms with Gasteiger partial charge in [-0.05, 0) is 70.6 Å². The number of carbonyl (C=O) groups excluding carboxylic acids is 3. The minimum atomic E-state index is -0.838. The molecule has 0 radical (unpaired) electrons. The molecule has 6 heteroatoms. The lowest BCUT2D eigenvalue weighted by Crippen LogP contribution is -2.30. The van der Waals surface area contributed by atoms with Crippen molar-refractivity contribution in [3.63, 3.8) is 0 Å². The lowest BCUT2D eigenvalue weighted by atomic mass is 10.1. The van der Waals surface area contributed by atoms with Crippen LogP contribution in [0.15, 0.2) is 134 Å². The van der Waals surface area contributed by atoms with E-state index >= 15 is 0 Å². The molecule has 0 heterocycles. The van der Waals surface area contributed by atoms with E-state index in [1.165, 1.54) is 44.9 Å². The highest BCUT2D eigenvalue weighted by Gasteiger charge is 2.19. The van der Waals surface area contributed by atoms with Crippen molar-refractivity contribution in [1.82, 2.24) is 0 Å². The Morgan fingerprint density at radius 2 is 0.754 bits per heavy atom. The smallest absolute Gasteiger partial charge is 0.306 e. The lowest BCUT2D eigenvalue weighted by molar-refractivity contribution is -0.166. The summed E-state index contributed by atoms with van der Waals surface area (Å²) >= 11 is 0. The summed E-state index contributed by atoms with van der Waals surface area (Å²) in [5.74, 6) is -1.07. The van der Waals surface area contributed by atoms with Crippen molar-refractivity contribution >= 4 is 17.9 Å². The van der Waals surface area contributed by atoms with Gasteiger partial charge in [0.2, 0.25) is 0 Å². The summed E-state index contributed by atoms with van der Waals surface area (Å²) in [6, 6.07) is 0. The van der Waals surface area contributed by atoms with Gasteiger partial charge < -0.3 is 14.2 Å². The number of carbonyl (C=O) groups is 3. The van der Waals surface area contributed by atoms with Gasteiger partial charge in [-0.1, -0.05) is 219 Å². The maximum Gasteiger partial charge on any atom is 0.306 e. The number of allylic oxidation sites excluding steroid dienone is 22. The summed E-state index contributed by atoms with van der Waals surface area (Å²) in [6.45, 7) is 6.23. The molecule has 0 rings (SSSR count). The van der Waals surface area contributed by atoms with Crippen molar-refractivity contribution in [2.24, 2.45) is 0 Å². The van der Waals surface area contributed by atoms with E-state index in [4.69, 9.17) is 14.2 Å². The first kappa shape index (κ1) is 56.5. The van der Waals surface area contributed by atoms with Crippen LogP contribution < -0.4 is 0 Å². The molecule has 0 aliphatic carbocycles. The second kappa shape index (κ2) is 48.2. The van der Waals surface area contributed by atoms with Gasteiger partial charge in [-0.2, -0.15) is 0 Å². The van der Waals surface area contributed by atoms with Gasteiger partial charge in [0, 0.05) is 19.3 Å². The highest BCUT2D eigenvalue weighted by atomic mass is 16.6. The summed E-state index contributed by atoms with van der Waals surface area (Å²) in [5, 5.41) is 0. The molecular weight excluding hydrogens is 757 g/mol. The third-order valence-electron chi connectivity index (χ3n) is 9.33. The molecule has 0 aromatic carbocycles. The Hall–Kier alpha value is -4.45. The fraction of sp³-hybridized carbons (Fsp3) is 0.545. The molecular formula is C55H84O6. The van der Waals surface area contributed by atoms with Crippen LogP contribution in [0.1, 0.15) is 175 Å². The monoisotopic (exact) mass is 841 g/mol. The number of rotatable bonds is 40. The molecule has 0 saturated carbocycles. The fourth-order valence-corrected chi connectivity index (χ4v) is 5.81. The van der Waals surface area contributed by atoms with E-state index in [0.29, 0.717) is 19.3 Å². The van der Waals surface area contributed by atoms with Crippen molar-refractivity contribution in [2.45, 2.75) is 181 Å². The van der Waals surface area contributed by atoms with Crippen molar-refractivity contribution in [3.8, 4) is 0 Å². The highest BCUT2D eigenvalue weighted by Crippen LogP contribution is 2.12. The Morgan fingerprint density at radius 1 is 0.361 bits per heavy atom. The normalized spacial score (nSPS) is 13.3. The van der Waals surface area contributed by atoms with Crippen LogP contribution >= 0.6 is 0 Å². The van der Waals surface area contributed by atoms with Crippen LogP contribution in [0, 0.1) is 0 Å². The average molecular weight is 841 g/mol. The highest BCUT2D eigenvalue weighted by molar-refractivity contribution is 5.71. The molecule has 0 saturated heterocycles. The molecule has 0 aliphatic heterocycles. The molecule has 0 N–H and O–H groups in total. The quantitative estimate of drug-likeness (QED) is 0.0201. The van der Waals surface area contributed by atoms with E-state index in [-0.39, 0.29) is 38.0 Å². The zero-order valence-electron chi connectivity index (χ0n) is 38.6. The molecule has 1 unspecified atom stereocenters. The van der Waals surface area contributed by atoms with Crippen LogP contribution in [0.5, 0.6) is 0 Å². The van der Waals surface area contributed by atoms with Crippen LogP contribution in [-0.4, -0.2) is 37.2 Å². The standard InChI is InChI=1S/C55H84O6/c1-4-7-10-13-16-19-22-24-26-28-30-31-33-36-39-42-45-48-54(57)60-51-52(50-59-53(56)47-44-41-38-35-21-18-15-12-9-6-3)61-55(58)49-46-43-40-37-34-32-29-27-25-23-20-17-14-11-8-5-2/h7-8,10-11,13,16-17,19-20,22,24-28,30-34,40,43,52H,4-6,9,12,14-15,18,21,23,29,35-39,41-42,44-51H2,1-3H3/b10-7-,11-8-,16-13-,20-17-,22-19-,26-24-,27-25-,30-28+,33-31-,34-32-,43-40-. The van der Waals surface area contributed by atoms with Crippen LogP contribution in [0.4, 0.5) is 0 Å². The van der Waals surface area contributed by atoms with Crippen molar-refractivity contribution < 1.29 is 28.6 Å². The first-order valence-corrected chi connectivity index (χ1v) is 23.8. The van der Waals surface area contributed by atoms with E-state index in [0.717, 1.165) is 77.0 Å². The second-order valence-electron chi connectivity index (χ2n) is 15.1. The Morgan fingerprint density at radius 3 is 1.23 bits per heavy atom. The molecule has 0 aromatic rings. The SMILES string of the molecule is CC\C=C/C=C\C=C/C=C\C=C\C=C/CCCCCC(=O)OCC(COC(=O)CCCCCCCCCCCC)OC(=O)CC/C=C\C/C=C\C/C=C\C/C=C\C/C=C\CC. The van der Waals surface area contributed by atoms with E-state index < -0.39 is 12.1 Å². The number of hydrogen-bond donors (Lipinski definition) is 0. The molecule has 6 nitrogen and oxygen atoms in total. The molecule has 61 heavy (non-hydrogen) atoms. The number of esters is 3. The summed E-state index contributed by atoms with van der Waals surface area (Å²) in [4.78, 5) is 37.8. The predicted octanol–water partition coefficient (Wildman–Crippen LogP) is 15.5. The number of unbranched alkanes of at least 4 members (excludes halogenated alkanes) is 12. The Kier molecular flexibility index (Phi) is 44.7. The largest absolute Gasteiger partial charge is 0.462 e. The van der Waals surface area contributed by atoms with Crippen molar-refractivity contribution in [3.05, 3.63) is 134 Å².